The molecule has 0 radical (unpaired) electrons. The van der Waals surface area contributed by atoms with Gasteiger partial charge in [0.05, 0.1) is 5.92 Å². The van der Waals surface area contributed by atoms with Crippen LogP contribution in [0.3, 0.4) is 0 Å². The second kappa shape index (κ2) is 7.28. The molecule has 0 fully saturated rings. The minimum atomic E-state index is -0.925. The lowest BCUT2D eigenvalue weighted by atomic mass is 10.0. The van der Waals surface area contributed by atoms with Gasteiger partial charge in [-0.25, -0.2) is 4.79 Å². The molecule has 2 amide bonds. The van der Waals surface area contributed by atoms with Crippen molar-refractivity contribution in [3.05, 3.63) is 34.3 Å². The first-order chi connectivity index (χ1) is 9.32. The molecule has 0 aliphatic rings. The Balaban J connectivity index is 2.60. The van der Waals surface area contributed by atoms with Gasteiger partial charge >= 0.3 is 12.0 Å². The highest BCUT2D eigenvalue weighted by Gasteiger charge is 2.22. The van der Waals surface area contributed by atoms with Crippen LogP contribution in [0.4, 0.5) is 4.79 Å². The number of carbonyl (C=O) groups excluding carboxylic acids is 1. The highest BCUT2D eigenvalue weighted by Crippen LogP contribution is 2.17. The minimum absolute atomic E-state index is 0.290. The van der Waals surface area contributed by atoms with Gasteiger partial charge < -0.3 is 15.3 Å². The fraction of sp³-hybridized carbons (Fsp3) is 0.429. The van der Waals surface area contributed by atoms with E-state index in [1.54, 1.807) is 20.9 Å². The standard InChI is InChI=1S/C14H19BrN2O3/c1-9(13(18)19)10(2)16-14(20)17(3)8-11-6-4-5-7-12(11)15/h4-7,9-10H,8H2,1-3H3,(H,16,20)(H,18,19). The Hall–Kier alpha value is -1.56. The maximum atomic E-state index is 12.0. The fourth-order valence-electron chi connectivity index (χ4n) is 1.60. The van der Waals surface area contributed by atoms with Crippen LogP contribution in [0.25, 0.3) is 0 Å². The van der Waals surface area contributed by atoms with Crippen molar-refractivity contribution in [2.75, 3.05) is 7.05 Å². The van der Waals surface area contributed by atoms with E-state index in [0.717, 1.165) is 10.0 Å². The van der Waals surface area contributed by atoms with Gasteiger partial charge in [-0.1, -0.05) is 34.1 Å². The lowest BCUT2D eigenvalue weighted by Crippen LogP contribution is -2.45. The number of benzene rings is 1. The maximum Gasteiger partial charge on any atom is 0.317 e. The van der Waals surface area contributed by atoms with E-state index >= 15 is 0 Å². The van der Waals surface area contributed by atoms with Crippen molar-refractivity contribution in [1.82, 2.24) is 10.2 Å². The first-order valence-electron chi connectivity index (χ1n) is 6.30. The van der Waals surface area contributed by atoms with E-state index in [0.29, 0.717) is 6.54 Å². The van der Waals surface area contributed by atoms with E-state index < -0.39 is 17.9 Å². The molecule has 1 aromatic rings. The van der Waals surface area contributed by atoms with Gasteiger partial charge in [0, 0.05) is 24.1 Å². The van der Waals surface area contributed by atoms with Gasteiger partial charge in [0.15, 0.2) is 0 Å². The second-order valence-electron chi connectivity index (χ2n) is 4.81. The molecule has 0 saturated carbocycles. The van der Waals surface area contributed by atoms with Crippen LogP contribution in [-0.4, -0.2) is 35.1 Å². The largest absolute Gasteiger partial charge is 0.481 e. The fourth-order valence-corrected chi connectivity index (χ4v) is 2.01. The molecule has 110 valence electrons. The molecule has 0 bridgehead atoms. The van der Waals surface area contributed by atoms with E-state index in [4.69, 9.17) is 5.11 Å². The van der Waals surface area contributed by atoms with E-state index in [1.165, 1.54) is 4.90 Å². The number of nitrogens with one attached hydrogen (secondary N) is 1. The number of hydrogen-bond donors (Lipinski definition) is 2. The molecule has 20 heavy (non-hydrogen) atoms. The zero-order valence-electron chi connectivity index (χ0n) is 11.8. The van der Waals surface area contributed by atoms with Crippen LogP contribution < -0.4 is 5.32 Å². The SMILES string of the molecule is CC(NC(=O)N(C)Cc1ccccc1Br)C(C)C(=O)O. The minimum Gasteiger partial charge on any atom is -0.481 e. The van der Waals surface area contributed by atoms with Crippen molar-refractivity contribution in [3.8, 4) is 0 Å². The summed E-state index contributed by atoms with van der Waals surface area (Å²) < 4.78 is 0.937. The van der Waals surface area contributed by atoms with Crippen LogP contribution in [0.5, 0.6) is 0 Å². The molecule has 0 aliphatic carbocycles. The average Bonchev–Trinajstić information content (AvgIpc) is 2.40. The molecular formula is C14H19BrN2O3. The number of halogens is 1. The smallest absolute Gasteiger partial charge is 0.317 e. The molecule has 5 nitrogen and oxygen atoms in total. The lowest BCUT2D eigenvalue weighted by Gasteiger charge is -2.23. The summed E-state index contributed by atoms with van der Waals surface area (Å²) in [6.45, 7) is 3.70. The normalized spacial score (nSPS) is 13.4. The third kappa shape index (κ3) is 4.52. The summed E-state index contributed by atoms with van der Waals surface area (Å²) in [4.78, 5) is 24.4. The van der Waals surface area contributed by atoms with E-state index in [2.05, 4.69) is 21.2 Å². The van der Waals surface area contributed by atoms with Gasteiger partial charge in [0.25, 0.3) is 0 Å². The van der Waals surface area contributed by atoms with Crippen LogP contribution in [0, 0.1) is 5.92 Å². The van der Waals surface area contributed by atoms with Crippen molar-refractivity contribution < 1.29 is 14.7 Å². The van der Waals surface area contributed by atoms with Crippen LogP contribution in [0.2, 0.25) is 0 Å². The van der Waals surface area contributed by atoms with Gasteiger partial charge in [-0.2, -0.15) is 0 Å². The molecule has 0 spiro atoms. The Morgan fingerprint density at radius 1 is 1.35 bits per heavy atom. The molecule has 0 heterocycles. The second-order valence-corrected chi connectivity index (χ2v) is 5.67. The highest BCUT2D eigenvalue weighted by molar-refractivity contribution is 9.10. The van der Waals surface area contributed by atoms with Gasteiger partial charge in [-0.05, 0) is 25.5 Å². The summed E-state index contributed by atoms with van der Waals surface area (Å²) in [5.41, 5.74) is 0.990. The van der Waals surface area contributed by atoms with Crippen molar-refractivity contribution in [1.29, 1.82) is 0 Å². The Morgan fingerprint density at radius 3 is 2.50 bits per heavy atom. The van der Waals surface area contributed by atoms with Crippen LogP contribution >= 0.6 is 15.9 Å². The summed E-state index contributed by atoms with van der Waals surface area (Å²) in [7, 11) is 1.67. The number of aliphatic carboxylic acids is 1. The summed E-state index contributed by atoms with van der Waals surface area (Å²) >= 11 is 3.43. The number of carboxylic acids is 1. The Labute approximate surface area is 127 Å². The molecule has 2 unspecified atom stereocenters. The predicted octanol–water partition coefficient (Wildman–Crippen LogP) is 2.70. The van der Waals surface area contributed by atoms with Crippen LogP contribution in [0.1, 0.15) is 19.4 Å². The number of amides is 2. The molecule has 0 saturated heterocycles. The Morgan fingerprint density at radius 2 is 1.95 bits per heavy atom. The van der Waals surface area contributed by atoms with Crippen molar-refractivity contribution in [2.45, 2.75) is 26.4 Å². The molecular weight excluding hydrogens is 324 g/mol. The Kier molecular flexibility index (Phi) is 6.01. The third-order valence-electron chi connectivity index (χ3n) is 3.20. The zero-order chi connectivity index (χ0) is 15.3. The van der Waals surface area contributed by atoms with E-state index in [-0.39, 0.29) is 6.03 Å². The van der Waals surface area contributed by atoms with Crippen LogP contribution in [-0.2, 0) is 11.3 Å². The number of urea groups is 1. The van der Waals surface area contributed by atoms with Gasteiger partial charge in [-0.3, -0.25) is 4.79 Å². The molecule has 1 rings (SSSR count). The van der Waals surface area contributed by atoms with Crippen LogP contribution in [0.15, 0.2) is 28.7 Å². The number of rotatable bonds is 5. The third-order valence-corrected chi connectivity index (χ3v) is 3.98. The van der Waals surface area contributed by atoms with Crippen molar-refractivity contribution >= 4 is 27.9 Å². The first kappa shape index (κ1) is 16.5. The van der Waals surface area contributed by atoms with Crippen molar-refractivity contribution in [2.24, 2.45) is 5.92 Å². The van der Waals surface area contributed by atoms with Gasteiger partial charge in [0.1, 0.15) is 0 Å². The topological polar surface area (TPSA) is 69.6 Å². The number of hydrogen-bond acceptors (Lipinski definition) is 2. The van der Waals surface area contributed by atoms with E-state index in [9.17, 15) is 9.59 Å². The zero-order valence-corrected chi connectivity index (χ0v) is 13.3. The molecule has 6 heteroatoms. The van der Waals surface area contributed by atoms with Crippen molar-refractivity contribution in [3.63, 3.8) is 0 Å². The molecule has 2 N–H and O–H groups in total. The number of nitrogens with zero attached hydrogens (tertiary/aromatic N) is 1. The van der Waals surface area contributed by atoms with E-state index in [1.807, 2.05) is 24.3 Å². The molecule has 2 atom stereocenters. The predicted molar refractivity (Wildman–Crippen MR) is 80.4 cm³/mol. The van der Waals surface area contributed by atoms with Gasteiger partial charge in [0.2, 0.25) is 0 Å². The van der Waals surface area contributed by atoms with Gasteiger partial charge in [-0.15, -0.1) is 0 Å². The molecule has 1 aromatic carbocycles. The molecule has 0 aromatic heterocycles. The summed E-state index contributed by atoms with van der Waals surface area (Å²) in [6.07, 6.45) is 0. The Bertz CT molecular complexity index is 493. The number of carbonyl (C=O) groups is 2. The summed E-state index contributed by atoms with van der Waals surface area (Å²) in [6, 6.07) is 6.93. The summed E-state index contributed by atoms with van der Waals surface area (Å²) in [5.74, 6) is -1.55. The average molecular weight is 343 g/mol. The highest BCUT2D eigenvalue weighted by atomic mass is 79.9. The quantitative estimate of drug-likeness (QED) is 0.864. The molecule has 0 aliphatic heterocycles. The monoisotopic (exact) mass is 342 g/mol. The summed E-state index contributed by atoms with van der Waals surface area (Å²) in [5, 5.41) is 11.6. The lowest BCUT2D eigenvalue weighted by molar-refractivity contribution is -0.141. The number of carboxylic acid groups (broad SMARTS) is 1. The maximum absolute atomic E-state index is 12.0. The first-order valence-corrected chi connectivity index (χ1v) is 7.10.